The van der Waals surface area contributed by atoms with E-state index in [4.69, 9.17) is 5.73 Å². The Morgan fingerprint density at radius 1 is 1.65 bits per heavy atom. The molecule has 2 rings (SSSR count). The Balaban J connectivity index is 2.24. The second-order valence-electron chi connectivity index (χ2n) is 3.94. The number of amides is 1. The van der Waals surface area contributed by atoms with Gasteiger partial charge in [0.1, 0.15) is 0 Å². The van der Waals surface area contributed by atoms with Crippen molar-refractivity contribution in [3.63, 3.8) is 0 Å². The largest absolute Gasteiger partial charge is 0.369 e. The van der Waals surface area contributed by atoms with Crippen LogP contribution in [0.4, 0.5) is 11.5 Å². The molecule has 1 atom stereocenters. The first-order valence-electron chi connectivity index (χ1n) is 5.23. The fraction of sp³-hybridized carbons (Fsp3) is 0.400. The van der Waals surface area contributed by atoms with Crippen molar-refractivity contribution in [1.29, 1.82) is 0 Å². The molecule has 2 N–H and O–H groups in total. The van der Waals surface area contributed by atoms with Crippen LogP contribution in [-0.2, 0) is 4.79 Å². The van der Waals surface area contributed by atoms with Crippen LogP contribution < -0.4 is 10.6 Å². The number of primary amides is 1. The van der Waals surface area contributed by atoms with Gasteiger partial charge in [-0.2, -0.15) is 0 Å². The highest BCUT2D eigenvalue weighted by Gasteiger charge is 2.31. The van der Waals surface area contributed by atoms with Gasteiger partial charge in [0.2, 0.25) is 11.7 Å². The van der Waals surface area contributed by atoms with Gasteiger partial charge in [-0.15, -0.1) is 0 Å². The minimum Gasteiger partial charge on any atom is -0.369 e. The van der Waals surface area contributed by atoms with Crippen LogP contribution in [0.5, 0.6) is 0 Å². The molecule has 0 aliphatic carbocycles. The first kappa shape index (κ1) is 11.3. The summed E-state index contributed by atoms with van der Waals surface area (Å²) in [4.78, 5) is 27.1. The van der Waals surface area contributed by atoms with Crippen LogP contribution in [-0.4, -0.2) is 28.9 Å². The molecule has 1 aliphatic rings. The number of anilines is 1. The maximum atomic E-state index is 11.0. The van der Waals surface area contributed by atoms with E-state index in [0.717, 1.165) is 0 Å². The van der Waals surface area contributed by atoms with E-state index in [2.05, 4.69) is 4.98 Å². The Bertz CT molecular complexity index is 463. The molecule has 90 valence electrons. The zero-order valence-electron chi connectivity index (χ0n) is 9.07. The first-order chi connectivity index (χ1) is 8.09. The number of hydrogen-bond acceptors (Lipinski definition) is 5. The van der Waals surface area contributed by atoms with Crippen LogP contribution in [0.2, 0.25) is 0 Å². The van der Waals surface area contributed by atoms with Crippen molar-refractivity contribution < 1.29 is 9.72 Å². The van der Waals surface area contributed by atoms with Gasteiger partial charge in [0.25, 0.3) is 0 Å². The maximum absolute atomic E-state index is 11.0. The highest BCUT2D eigenvalue weighted by molar-refractivity contribution is 5.78. The molecular weight excluding hydrogens is 224 g/mol. The summed E-state index contributed by atoms with van der Waals surface area (Å²) in [6, 6.07) is 2.92. The number of aromatic nitrogens is 1. The number of rotatable bonds is 3. The average molecular weight is 236 g/mol. The molecule has 7 nitrogen and oxygen atoms in total. The Morgan fingerprint density at radius 2 is 2.41 bits per heavy atom. The van der Waals surface area contributed by atoms with E-state index in [9.17, 15) is 14.9 Å². The number of nitrogens with zero attached hydrogens (tertiary/aromatic N) is 3. The molecule has 1 aliphatic heterocycles. The minimum absolute atomic E-state index is 0.0439. The predicted molar refractivity (Wildman–Crippen MR) is 60.4 cm³/mol. The molecule has 17 heavy (non-hydrogen) atoms. The highest BCUT2D eigenvalue weighted by atomic mass is 16.6. The van der Waals surface area contributed by atoms with Gasteiger partial charge in [-0.1, -0.05) is 0 Å². The Kier molecular flexibility index (Phi) is 2.90. The van der Waals surface area contributed by atoms with Gasteiger partial charge in [-0.05, 0) is 12.5 Å². The summed E-state index contributed by atoms with van der Waals surface area (Å²) in [6.07, 6.45) is 2.11. The fourth-order valence-electron chi connectivity index (χ4n) is 1.96. The summed E-state index contributed by atoms with van der Waals surface area (Å²) in [5.74, 6) is -0.316. The molecule has 1 unspecified atom stereocenters. The summed E-state index contributed by atoms with van der Waals surface area (Å²) in [5, 5.41) is 10.8. The van der Waals surface area contributed by atoms with Crippen LogP contribution in [0.15, 0.2) is 18.3 Å². The van der Waals surface area contributed by atoms with E-state index in [1.54, 1.807) is 4.90 Å². The fourth-order valence-corrected chi connectivity index (χ4v) is 1.96. The SMILES string of the molecule is NC(=O)C1CCN(c2ncccc2[N+](=O)[O-])C1. The van der Waals surface area contributed by atoms with Crippen molar-refractivity contribution in [1.82, 2.24) is 4.98 Å². The smallest absolute Gasteiger partial charge is 0.311 e. The van der Waals surface area contributed by atoms with Crippen LogP contribution in [0.1, 0.15) is 6.42 Å². The van der Waals surface area contributed by atoms with Crippen LogP contribution >= 0.6 is 0 Å². The van der Waals surface area contributed by atoms with Crippen LogP contribution in [0.25, 0.3) is 0 Å². The van der Waals surface area contributed by atoms with E-state index in [1.807, 2.05) is 0 Å². The molecular formula is C10H12N4O3. The molecule has 0 bridgehead atoms. The Hall–Kier alpha value is -2.18. The molecule has 1 aromatic rings. The van der Waals surface area contributed by atoms with E-state index in [1.165, 1.54) is 18.3 Å². The summed E-state index contributed by atoms with van der Waals surface area (Å²) >= 11 is 0. The molecule has 1 saturated heterocycles. The van der Waals surface area contributed by atoms with Crippen molar-refractivity contribution in [2.24, 2.45) is 11.7 Å². The summed E-state index contributed by atoms with van der Waals surface area (Å²) in [6.45, 7) is 0.957. The Morgan fingerprint density at radius 3 is 3.00 bits per heavy atom. The number of pyridine rings is 1. The maximum Gasteiger partial charge on any atom is 0.311 e. The highest BCUT2D eigenvalue weighted by Crippen LogP contribution is 2.29. The topological polar surface area (TPSA) is 102 Å². The molecule has 7 heteroatoms. The number of hydrogen-bond donors (Lipinski definition) is 1. The summed E-state index contributed by atoms with van der Waals surface area (Å²) in [7, 11) is 0. The third-order valence-corrected chi connectivity index (χ3v) is 2.85. The zero-order valence-corrected chi connectivity index (χ0v) is 9.07. The standard InChI is InChI=1S/C10H12N4O3/c11-9(15)7-3-5-13(6-7)10-8(14(16)17)2-1-4-12-10/h1-2,4,7H,3,5-6H2,(H2,11,15). The third kappa shape index (κ3) is 2.17. The van der Waals surface area contributed by atoms with Crippen molar-refractivity contribution >= 4 is 17.4 Å². The first-order valence-corrected chi connectivity index (χ1v) is 5.23. The number of nitrogens with two attached hydrogens (primary N) is 1. The molecule has 0 saturated carbocycles. The Labute approximate surface area is 97.4 Å². The van der Waals surface area contributed by atoms with Crippen molar-refractivity contribution in [3.8, 4) is 0 Å². The van der Waals surface area contributed by atoms with Gasteiger partial charge in [-0.3, -0.25) is 14.9 Å². The van der Waals surface area contributed by atoms with E-state index in [0.29, 0.717) is 25.3 Å². The number of nitro groups is 1. The normalized spacial score (nSPS) is 19.3. The van der Waals surface area contributed by atoms with Crippen molar-refractivity contribution in [3.05, 3.63) is 28.4 Å². The predicted octanol–water partition coefficient (Wildman–Crippen LogP) is 0.301. The molecule has 1 aromatic heterocycles. The van der Waals surface area contributed by atoms with Crippen LogP contribution in [0, 0.1) is 16.0 Å². The second kappa shape index (κ2) is 4.36. The average Bonchev–Trinajstić information content (AvgIpc) is 2.78. The molecule has 0 radical (unpaired) electrons. The lowest BCUT2D eigenvalue weighted by Crippen LogP contribution is -2.28. The summed E-state index contributed by atoms with van der Waals surface area (Å²) in [5.41, 5.74) is 5.17. The zero-order chi connectivity index (χ0) is 12.4. The lowest BCUT2D eigenvalue weighted by atomic mass is 10.1. The number of carbonyl (C=O) groups excluding carboxylic acids is 1. The summed E-state index contributed by atoms with van der Waals surface area (Å²) < 4.78 is 0. The van der Waals surface area contributed by atoms with Crippen molar-refractivity contribution in [2.45, 2.75) is 6.42 Å². The van der Waals surface area contributed by atoms with E-state index < -0.39 is 4.92 Å². The van der Waals surface area contributed by atoms with Gasteiger partial charge in [-0.25, -0.2) is 4.98 Å². The quantitative estimate of drug-likeness (QED) is 0.600. The number of carbonyl (C=O) groups is 1. The lowest BCUT2D eigenvalue weighted by Gasteiger charge is -2.16. The lowest BCUT2D eigenvalue weighted by molar-refractivity contribution is -0.384. The van der Waals surface area contributed by atoms with E-state index in [-0.39, 0.29) is 17.5 Å². The van der Waals surface area contributed by atoms with E-state index >= 15 is 0 Å². The molecule has 1 fully saturated rings. The molecule has 2 heterocycles. The van der Waals surface area contributed by atoms with Gasteiger partial charge in [0, 0.05) is 25.4 Å². The monoisotopic (exact) mass is 236 g/mol. The minimum atomic E-state index is -0.472. The molecule has 0 spiro atoms. The second-order valence-corrected chi connectivity index (χ2v) is 3.94. The van der Waals surface area contributed by atoms with Gasteiger partial charge >= 0.3 is 5.69 Å². The van der Waals surface area contributed by atoms with Crippen molar-refractivity contribution in [2.75, 3.05) is 18.0 Å². The van der Waals surface area contributed by atoms with Gasteiger partial charge in [0.05, 0.1) is 10.8 Å². The third-order valence-electron chi connectivity index (χ3n) is 2.85. The van der Waals surface area contributed by atoms with Gasteiger partial charge in [0.15, 0.2) is 0 Å². The van der Waals surface area contributed by atoms with Gasteiger partial charge < -0.3 is 10.6 Å². The molecule has 0 aromatic carbocycles. The van der Waals surface area contributed by atoms with Crippen LogP contribution in [0.3, 0.4) is 0 Å². The molecule has 1 amide bonds.